The topological polar surface area (TPSA) is 55.1 Å². The summed E-state index contributed by atoms with van der Waals surface area (Å²) in [7, 11) is 0. The molecule has 0 spiro atoms. The van der Waals surface area contributed by atoms with Gasteiger partial charge in [-0.3, -0.25) is 4.79 Å². The van der Waals surface area contributed by atoms with Crippen LogP contribution in [0.2, 0.25) is 0 Å². The first-order valence-corrected chi connectivity index (χ1v) is 7.30. The first kappa shape index (κ1) is 14.9. The minimum atomic E-state index is -0.507. The molecular weight excluding hydrogens is 275 g/mol. The van der Waals surface area contributed by atoms with Crippen LogP contribution in [0.25, 0.3) is 0 Å². The van der Waals surface area contributed by atoms with Gasteiger partial charge in [-0.25, -0.2) is 4.39 Å². The van der Waals surface area contributed by atoms with Crippen molar-refractivity contribution in [1.29, 1.82) is 0 Å². The molecule has 0 aromatic heterocycles. The smallest absolute Gasteiger partial charge is 0.230 e. The Morgan fingerprint density at radius 1 is 1.45 bits per heavy atom. The number of benzene rings is 1. The minimum absolute atomic E-state index is 0.0838. The van der Waals surface area contributed by atoms with Crippen LogP contribution in [0.3, 0.4) is 0 Å². The van der Waals surface area contributed by atoms with Crippen LogP contribution < -0.4 is 11.1 Å². The molecule has 1 amide bonds. The van der Waals surface area contributed by atoms with Gasteiger partial charge in [-0.15, -0.1) is 0 Å². The second kappa shape index (κ2) is 5.87. The molecular formula is C15H19FN2OS. The highest BCUT2D eigenvalue weighted by molar-refractivity contribution is 7.80. The van der Waals surface area contributed by atoms with E-state index in [0.29, 0.717) is 5.56 Å². The quantitative estimate of drug-likeness (QED) is 0.837. The number of halogens is 1. The second-order valence-electron chi connectivity index (χ2n) is 5.35. The lowest BCUT2D eigenvalue weighted by Crippen LogP contribution is -2.33. The first-order chi connectivity index (χ1) is 9.48. The van der Waals surface area contributed by atoms with E-state index in [1.54, 1.807) is 6.07 Å². The van der Waals surface area contributed by atoms with E-state index < -0.39 is 5.82 Å². The molecule has 0 aliphatic heterocycles. The van der Waals surface area contributed by atoms with Crippen LogP contribution in [0.5, 0.6) is 0 Å². The van der Waals surface area contributed by atoms with Crippen LogP contribution in [0, 0.1) is 11.2 Å². The van der Waals surface area contributed by atoms with Gasteiger partial charge >= 0.3 is 0 Å². The molecule has 0 bridgehead atoms. The van der Waals surface area contributed by atoms with E-state index in [1.165, 1.54) is 12.1 Å². The molecule has 1 aromatic carbocycles. The van der Waals surface area contributed by atoms with E-state index in [9.17, 15) is 9.18 Å². The van der Waals surface area contributed by atoms with Crippen molar-refractivity contribution in [3.05, 3.63) is 29.6 Å². The molecule has 1 aliphatic carbocycles. The third-order valence-electron chi connectivity index (χ3n) is 4.22. The van der Waals surface area contributed by atoms with Crippen molar-refractivity contribution in [3.8, 4) is 0 Å². The molecule has 0 heterocycles. The van der Waals surface area contributed by atoms with E-state index in [1.807, 2.05) is 6.92 Å². The van der Waals surface area contributed by atoms with Crippen LogP contribution in [-0.2, 0) is 4.79 Å². The van der Waals surface area contributed by atoms with Gasteiger partial charge in [0.15, 0.2) is 0 Å². The fraction of sp³-hybridized carbons (Fsp3) is 0.467. The van der Waals surface area contributed by atoms with E-state index in [-0.39, 0.29) is 22.0 Å². The fourth-order valence-electron chi connectivity index (χ4n) is 2.82. The highest BCUT2D eigenvalue weighted by Gasteiger charge is 2.39. The van der Waals surface area contributed by atoms with Crippen molar-refractivity contribution < 1.29 is 9.18 Å². The van der Waals surface area contributed by atoms with Crippen molar-refractivity contribution >= 4 is 28.8 Å². The zero-order chi connectivity index (χ0) is 14.8. The van der Waals surface area contributed by atoms with Gasteiger partial charge in [-0.05, 0) is 37.5 Å². The zero-order valence-electron chi connectivity index (χ0n) is 11.5. The summed E-state index contributed by atoms with van der Waals surface area (Å²) in [4.78, 5) is 12.6. The van der Waals surface area contributed by atoms with Crippen molar-refractivity contribution in [2.24, 2.45) is 11.1 Å². The lowest BCUT2D eigenvalue weighted by Gasteiger charge is -2.26. The number of carbonyl (C=O) groups is 1. The van der Waals surface area contributed by atoms with Crippen LogP contribution in [0.1, 0.15) is 44.6 Å². The van der Waals surface area contributed by atoms with Gasteiger partial charge in [0.2, 0.25) is 5.91 Å². The Morgan fingerprint density at radius 3 is 2.60 bits per heavy atom. The number of thiocarbonyl (C=S) groups is 1. The number of hydrogen-bond acceptors (Lipinski definition) is 2. The molecule has 0 radical (unpaired) electrons. The van der Waals surface area contributed by atoms with Crippen LogP contribution >= 0.6 is 12.2 Å². The molecule has 5 heteroatoms. The molecule has 1 aliphatic rings. The van der Waals surface area contributed by atoms with Crippen LogP contribution in [-0.4, -0.2) is 10.9 Å². The fourth-order valence-corrected chi connectivity index (χ4v) is 2.94. The molecule has 0 atom stereocenters. The predicted molar refractivity (Wildman–Crippen MR) is 82.1 cm³/mol. The number of carbonyl (C=O) groups excluding carboxylic acids is 1. The Bertz CT molecular complexity index is 539. The Balaban J connectivity index is 2.17. The average Bonchev–Trinajstić information content (AvgIpc) is 2.90. The summed E-state index contributed by atoms with van der Waals surface area (Å²) in [5.74, 6) is -0.590. The molecule has 1 aromatic rings. The molecule has 3 nitrogen and oxygen atoms in total. The van der Waals surface area contributed by atoms with Crippen LogP contribution in [0.15, 0.2) is 18.2 Å². The monoisotopic (exact) mass is 294 g/mol. The lowest BCUT2D eigenvalue weighted by molar-refractivity contribution is -0.125. The first-order valence-electron chi connectivity index (χ1n) is 6.89. The highest BCUT2D eigenvalue weighted by Crippen LogP contribution is 2.41. The molecule has 0 unspecified atom stereocenters. The SMILES string of the molecule is CCC1(C(=O)Nc2ccc(C(N)=S)cc2F)CCCC1. The summed E-state index contributed by atoms with van der Waals surface area (Å²) in [6, 6.07) is 4.39. The molecule has 2 rings (SSSR count). The van der Waals surface area contributed by atoms with Gasteiger partial charge in [-0.2, -0.15) is 0 Å². The number of rotatable bonds is 4. The van der Waals surface area contributed by atoms with Crippen molar-refractivity contribution in [2.45, 2.75) is 39.0 Å². The predicted octanol–water partition coefficient (Wildman–Crippen LogP) is 3.37. The summed E-state index contributed by atoms with van der Waals surface area (Å²) in [5, 5.41) is 2.71. The molecule has 0 saturated heterocycles. The zero-order valence-corrected chi connectivity index (χ0v) is 12.4. The van der Waals surface area contributed by atoms with Gasteiger partial charge in [0, 0.05) is 11.0 Å². The van der Waals surface area contributed by atoms with E-state index in [4.69, 9.17) is 18.0 Å². The number of nitrogens with one attached hydrogen (secondary N) is 1. The Hall–Kier alpha value is -1.49. The maximum absolute atomic E-state index is 14.0. The Labute approximate surface area is 123 Å². The van der Waals surface area contributed by atoms with Gasteiger partial charge < -0.3 is 11.1 Å². The summed E-state index contributed by atoms with van der Waals surface area (Å²) >= 11 is 4.80. The third kappa shape index (κ3) is 2.82. The van der Waals surface area contributed by atoms with Crippen molar-refractivity contribution in [2.75, 3.05) is 5.32 Å². The summed E-state index contributed by atoms with van der Waals surface area (Å²) in [6.45, 7) is 2.01. The summed E-state index contributed by atoms with van der Waals surface area (Å²) in [6.07, 6.45) is 4.66. The van der Waals surface area contributed by atoms with E-state index >= 15 is 0 Å². The molecule has 1 fully saturated rings. The van der Waals surface area contributed by atoms with Gasteiger partial charge in [0.05, 0.1) is 5.69 Å². The third-order valence-corrected chi connectivity index (χ3v) is 4.46. The summed E-state index contributed by atoms with van der Waals surface area (Å²) < 4.78 is 14.0. The maximum Gasteiger partial charge on any atom is 0.230 e. The Morgan fingerprint density at radius 2 is 2.10 bits per heavy atom. The van der Waals surface area contributed by atoms with Gasteiger partial charge in [-0.1, -0.05) is 32.0 Å². The number of amides is 1. The number of anilines is 1. The number of nitrogens with two attached hydrogens (primary N) is 1. The standard InChI is InChI=1S/C15H19FN2OS/c1-2-15(7-3-4-8-15)14(19)18-12-6-5-10(13(17)20)9-11(12)16/h5-6,9H,2-4,7-8H2,1H3,(H2,17,20)(H,18,19). The number of hydrogen-bond donors (Lipinski definition) is 2. The van der Waals surface area contributed by atoms with Gasteiger partial charge in [0.1, 0.15) is 10.8 Å². The lowest BCUT2D eigenvalue weighted by atomic mass is 9.82. The maximum atomic E-state index is 14.0. The second-order valence-corrected chi connectivity index (χ2v) is 5.79. The molecule has 1 saturated carbocycles. The Kier molecular flexibility index (Phi) is 4.38. The normalized spacial score (nSPS) is 16.9. The van der Waals surface area contributed by atoms with E-state index in [0.717, 1.165) is 32.1 Å². The minimum Gasteiger partial charge on any atom is -0.389 e. The van der Waals surface area contributed by atoms with Crippen LogP contribution in [0.4, 0.5) is 10.1 Å². The molecule has 108 valence electrons. The molecule has 3 N–H and O–H groups in total. The van der Waals surface area contributed by atoms with E-state index in [2.05, 4.69) is 5.32 Å². The summed E-state index contributed by atoms with van der Waals surface area (Å²) in [5.41, 5.74) is 5.76. The van der Waals surface area contributed by atoms with Crippen molar-refractivity contribution in [1.82, 2.24) is 0 Å². The highest BCUT2D eigenvalue weighted by atomic mass is 32.1. The largest absolute Gasteiger partial charge is 0.389 e. The van der Waals surface area contributed by atoms with Crippen molar-refractivity contribution in [3.63, 3.8) is 0 Å². The molecule has 20 heavy (non-hydrogen) atoms. The average molecular weight is 294 g/mol. The van der Waals surface area contributed by atoms with Gasteiger partial charge in [0.25, 0.3) is 0 Å².